The van der Waals surface area contributed by atoms with E-state index >= 15 is 0 Å². The van der Waals surface area contributed by atoms with Gasteiger partial charge in [0.1, 0.15) is 5.37 Å². The summed E-state index contributed by atoms with van der Waals surface area (Å²) in [6.45, 7) is 0. The van der Waals surface area contributed by atoms with Crippen molar-refractivity contribution in [1.82, 2.24) is 0 Å². The maximum absolute atomic E-state index is 11.4. The van der Waals surface area contributed by atoms with Crippen molar-refractivity contribution < 1.29 is 4.79 Å². The first-order chi connectivity index (χ1) is 6.31. The summed E-state index contributed by atoms with van der Waals surface area (Å²) in [5, 5.41) is 3.46. The lowest BCUT2D eigenvalue weighted by molar-refractivity contribution is -0.115. The second-order valence-electron chi connectivity index (χ2n) is 2.74. The molecule has 4 heteroatoms. The van der Waals surface area contributed by atoms with Crippen molar-refractivity contribution in [3.05, 3.63) is 24.3 Å². The highest BCUT2D eigenvalue weighted by molar-refractivity contribution is 9.09. The van der Waals surface area contributed by atoms with Crippen molar-refractivity contribution in [1.29, 1.82) is 0 Å². The molecule has 13 heavy (non-hydrogen) atoms. The number of halogens is 1. The minimum atomic E-state index is -0.114. The molecule has 1 atom stereocenters. The molecular weight excluding hydrogens is 250 g/mol. The molecule has 1 heterocycles. The summed E-state index contributed by atoms with van der Waals surface area (Å²) >= 11 is 4.74. The fourth-order valence-electron chi connectivity index (χ4n) is 1.20. The van der Waals surface area contributed by atoms with Crippen LogP contribution in [0.1, 0.15) is 0 Å². The molecule has 0 amide bonds. The van der Waals surface area contributed by atoms with Crippen LogP contribution < -0.4 is 5.32 Å². The molecule has 0 bridgehead atoms. The number of anilines is 1. The van der Waals surface area contributed by atoms with Crippen molar-refractivity contribution in [2.45, 2.75) is 10.3 Å². The highest BCUT2D eigenvalue weighted by atomic mass is 79.9. The predicted molar refractivity (Wildman–Crippen MR) is 58.5 cm³/mol. The lowest BCUT2D eigenvalue weighted by Crippen LogP contribution is -2.23. The summed E-state index contributed by atoms with van der Waals surface area (Å²) in [6.07, 6.45) is 0. The second kappa shape index (κ2) is 3.72. The van der Waals surface area contributed by atoms with E-state index in [1.54, 1.807) is 11.8 Å². The number of carbonyl (C=O) groups is 1. The van der Waals surface area contributed by atoms with Gasteiger partial charge >= 0.3 is 0 Å². The number of thioether (sulfide) groups is 1. The van der Waals surface area contributed by atoms with E-state index in [2.05, 4.69) is 21.2 Å². The monoisotopic (exact) mass is 257 g/mol. The predicted octanol–water partition coefficient (Wildman–Crippen LogP) is 2.49. The summed E-state index contributed by atoms with van der Waals surface area (Å²) in [7, 11) is 0. The molecule has 0 saturated carbocycles. The summed E-state index contributed by atoms with van der Waals surface area (Å²) in [5.74, 6) is 0.182. The van der Waals surface area contributed by atoms with Gasteiger partial charge in [0.2, 0.25) is 0 Å². The molecule has 1 aliphatic rings. The van der Waals surface area contributed by atoms with Gasteiger partial charge in [0, 0.05) is 10.6 Å². The number of Topliss-reactive ketones (excluding diaryl/α,β-unsaturated/α-hetero) is 1. The van der Waals surface area contributed by atoms with E-state index in [4.69, 9.17) is 0 Å². The maximum atomic E-state index is 11.4. The molecule has 1 unspecified atom stereocenters. The lowest BCUT2D eigenvalue weighted by atomic mass is 10.3. The third kappa shape index (κ3) is 1.74. The van der Waals surface area contributed by atoms with Crippen molar-refractivity contribution in [3.8, 4) is 0 Å². The van der Waals surface area contributed by atoms with Crippen LogP contribution in [0.25, 0.3) is 0 Å². The molecule has 1 aromatic carbocycles. The van der Waals surface area contributed by atoms with Gasteiger partial charge in [-0.25, -0.2) is 0 Å². The van der Waals surface area contributed by atoms with Crippen LogP contribution in [0.15, 0.2) is 29.2 Å². The van der Waals surface area contributed by atoms with E-state index in [1.165, 1.54) is 0 Å². The van der Waals surface area contributed by atoms with E-state index in [0.29, 0.717) is 5.33 Å². The molecule has 1 aliphatic heterocycles. The van der Waals surface area contributed by atoms with Crippen LogP contribution in [0, 0.1) is 0 Å². The fourth-order valence-corrected chi connectivity index (χ4v) is 2.81. The van der Waals surface area contributed by atoms with Crippen molar-refractivity contribution in [2.75, 3.05) is 10.6 Å². The zero-order valence-corrected chi connectivity index (χ0v) is 9.19. The molecule has 68 valence electrons. The van der Waals surface area contributed by atoms with Crippen LogP contribution >= 0.6 is 27.7 Å². The molecule has 0 fully saturated rings. The number of hydrogen-bond acceptors (Lipinski definition) is 3. The minimum absolute atomic E-state index is 0.114. The molecule has 2 rings (SSSR count). The summed E-state index contributed by atoms with van der Waals surface area (Å²) in [4.78, 5) is 12.5. The quantitative estimate of drug-likeness (QED) is 0.826. The summed E-state index contributed by atoms with van der Waals surface area (Å²) in [5.41, 5.74) is 1.06. The Bertz CT molecular complexity index is 317. The largest absolute Gasteiger partial charge is 0.366 e. The molecule has 1 aromatic rings. The van der Waals surface area contributed by atoms with Gasteiger partial charge < -0.3 is 5.32 Å². The van der Waals surface area contributed by atoms with Gasteiger partial charge in [-0.15, -0.1) is 0 Å². The summed E-state index contributed by atoms with van der Waals surface area (Å²) in [6, 6.07) is 7.96. The Morgan fingerprint density at radius 3 is 3.00 bits per heavy atom. The molecule has 0 aromatic heterocycles. The Morgan fingerprint density at radius 1 is 1.54 bits per heavy atom. The smallest absolute Gasteiger partial charge is 0.176 e. The first-order valence-corrected chi connectivity index (χ1v) is 5.92. The average Bonchev–Trinajstić information content (AvgIpc) is 2.59. The Balaban J connectivity index is 2.18. The van der Waals surface area contributed by atoms with Crippen LogP contribution in [-0.4, -0.2) is 16.5 Å². The number of rotatable bonds is 2. The number of carbonyl (C=O) groups excluding carboxylic acids is 1. The minimum Gasteiger partial charge on any atom is -0.366 e. The van der Waals surface area contributed by atoms with E-state index in [1.807, 2.05) is 24.3 Å². The van der Waals surface area contributed by atoms with Crippen LogP contribution in [0.4, 0.5) is 5.69 Å². The lowest BCUT2D eigenvalue weighted by Gasteiger charge is -2.05. The molecule has 0 aliphatic carbocycles. The normalized spacial score (nSPS) is 19.3. The van der Waals surface area contributed by atoms with Crippen molar-refractivity contribution >= 4 is 39.2 Å². The first kappa shape index (κ1) is 9.09. The number of ketones is 1. The zero-order chi connectivity index (χ0) is 9.26. The molecule has 2 nitrogen and oxygen atoms in total. The van der Waals surface area contributed by atoms with Gasteiger partial charge in [-0.3, -0.25) is 4.79 Å². The van der Waals surface area contributed by atoms with E-state index in [-0.39, 0.29) is 11.2 Å². The number of hydrogen-bond donors (Lipinski definition) is 1. The molecule has 0 radical (unpaired) electrons. The SMILES string of the molecule is O=C(CBr)C1Nc2ccccc2S1. The van der Waals surface area contributed by atoms with Crippen LogP contribution in [0.2, 0.25) is 0 Å². The van der Waals surface area contributed by atoms with Gasteiger partial charge in [-0.1, -0.05) is 39.8 Å². The van der Waals surface area contributed by atoms with Crippen molar-refractivity contribution in [2.24, 2.45) is 0 Å². The topological polar surface area (TPSA) is 29.1 Å². The number of alkyl halides is 1. The molecule has 0 spiro atoms. The highest BCUT2D eigenvalue weighted by Crippen LogP contribution is 2.38. The zero-order valence-electron chi connectivity index (χ0n) is 6.79. The van der Waals surface area contributed by atoms with Gasteiger partial charge in [-0.05, 0) is 12.1 Å². The third-order valence-corrected chi connectivity index (χ3v) is 3.62. The van der Waals surface area contributed by atoms with Crippen LogP contribution in [0.5, 0.6) is 0 Å². The van der Waals surface area contributed by atoms with Gasteiger partial charge in [0.15, 0.2) is 5.78 Å². The molecule has 1 N–H and O–H groups in total. The van der Waals surface area contributed by atoms with Gasteiger partial charge in [0.25, 0.3) is 0 Å². The number of benzene rings is 1. The Hall–Kier alpha value is -0.480. The van der Waals surface area contributed by atoms with Gasteiger partial charge in [0.05, 0.1) is 5.33 Å². The highest BCUT2D eigenvalue weighted by Gasteiger charge is 2.25. The second-order valence-corrected chi connectivity index (χ2v) is 4.45. The number of nitrogens with one attached hydrogen (secondary N) is 1. The fraction of sp³-hybridized carbons (Fsp3) is 0.222. The van der Waals surface area contributed by atoms with Crippen LogP contribution in [0.3, 0.4) is 0 Å². The van der Waals surface area contributed by atoms with E-state index in [9.17, 15) is 4.79 Å². The summed E-state index contributed by atoms with van der Waals surface area (Å²) < 4.78 is 0. The van der Waals surface area contributed by atoms with E-state index < -0.39 is 0 Å². The molecular formula is C9H8BrNOS. The number of fused-ring (bicyclic) bond motifs is 1. The standard InChI is InChI=1S/C9H8BrNOS/c10-5-7(12)9-11-6-3-1-2-4-8(6)13-9/h1-4,9,11H,5H2. The first-order valence-electron chi connectivity index (χ1n) is 3.92. The Labute approximate surface area is 89.2 Å². The third-order valence-electron chi connectivity index (χ3n) is 1.84. The van der Waals surface area contributed by atoms with Crippen LogP contribution in [-0.2, 0) is 4.79 Å². The average molecular weight is 258 g/mol. The van der Waals surface area contributed by atoms with E-state index in [0.717, 1.165) is 10.6 Å². The Morgan fingerprint density at radius 2 is 2.31 bits per heavy atom. The van der Waals surface area contributed by atoms with Gasteiger partial charge in [-0.2, -0.15) is 0 Å². The molecule has 0 saturated heterocycles. The van der Waals surface area contributed by atoms with Crippen molar-refractivity contribution in [3.63, 3.8) is 0 Å². The Kier molecular flexibility index (Phi) is 2.60. The number of para-hydroxylation sites is 1. The maximum Gasteiger partial charge on any atom is 0.176 e.